The van der Waals surface area contributed by atoms with Crippen molar-refractivity contribution in [3.63, 3.8) is 0 Å². The van der Waals surface area contributed by atoms with Crippen molar-refractivity contribution in [2.45, 2.75) is 31.7 Å². The Labute approximate surface area is 243 Å². The number of carbonyl (C=O) groups excluding carboxylic acids is 1. The van der Waals surface area contributed by atoms with Crippen LogP contribution in [0.4, 0.5) is 10.1 Å². The number of rotatable bonds is 6. The smallest absolute Gasteiger partial charge is 0.224 e. The lowest BCUT2D eigenvalue weighted by Gasteiger charge is -2.32. The van der Waals surface area contributed by atoms with Gasteiger partial charge in [0.15, 0.2) is 0 Å². The number of aromatic nitrogens is 3. The van der Waals surface area contributed by atoms with Gasteiger partial charge in [-0.3, -0.25) is 19.9 Å². The molecule has 2 aromatic heterocycles. The van der Waals surface area contributed by atoms with Crippen LogP contribution in [0.3, 0.4) is 0 Å². The van der Waals surface area contributed by atoms with Crippen molar-refractivity contribution in [1.29, 1.82) is 0 Å². The number of anilines is 1. The number of piperidine rings is 1. The zero-order valence-electron chi connectivity index (χ0n) is 23.3. The summed E-state index contributed by atoms with van der Waals surface area (Å²) in [6.45, 7) is 4.05. The molecule has 8 nitrogen and oxygen atoms in total. The Morgan fingerprint density at radius 3 is 2.69 bits per heavy atom. The first-order valence-corrected chi connectivity index (χ1v) is 14.4. The molecule has 0 saturated carbocycles. The van der Waals surface area contributed by atoms with Crippen molar-refractivity contribution < 1.29 is 9.18 Å². The Morgan fingerprint density at radius 2 is 1.86 bits per heavy atom. The zero-order valence-corrected chi connectivity index (χ0v) is 23.3. The van der Waals surface area contributed by atoms with E-state index in [0.717, 1.165) is 70.5 Å². The van der Waals surface area contributed by atoms with Crippen LogP contribution in [0.1, 0.15) is 37.4 Å². The van der Waals surface area contributed by atoms with Crippen molar-refractivity contribution in [2.24, 2.45) is 16.8 Å². The molecule has 42 heavy (non-hydrogen) atoms. The molecule has 7 rings (SSSR count). The summed E-state index contributed by atoms with van der Waals surface area (Å²) in [6, 6.07) is 14.7. The van der Waals surface area contributed by atoms with E-state index in [9.17, 15) is 9.18 Å². The van der Waals surface area contributed by atoms with Crippen LogP contribution in [-0.4, -0.2) is 45.9 Å². The maximum atomic E-state index is 13.6. The van der Waals surface area contributed by atoms with Crippen molar-refractivity contribution in [1.82, 2.24) is 25.8 Å². The molecular formula is C33H32FN7O. The van der Waals surface area contributed by atoms with Gasteiger partial charge in [0.25, 0.3) is 0 Å². The molecular weight excluding hydrogens is 529 g/mol. The summed E-state index contributed by atoms with van der Waals surface area (Å²) < 4.78 is 13.6. The molecule has 5 heterocycles. The summed E-state index contributed by atoms with van der Waals surface area (Å²) in [5, 5.41) is 18.8. The van der Waals surface area contributed by atoms with Crippen molar-refractivity contribution in [2.75, 3.05) is 18.4 Å². The summed E-state index contributed by atoms with van der Waals surface area (Å²) in [4.78, 5) is 21.6. The van der Waals surface area contributed by atoms with E-state index in [1.807, 2.05) is 36.8 Å². The first kappa shape index (κ1) is 26.3. The molecule has 1 amide bonds. The molecule has 1 fully saturated rings. The normalized spacial score (nSPS) is 21.9. The molecule has 212 valence electrons. The summed E-state index contributed by atoms with van der Waals surface area (Å²) in [6.07, 6.45) is 12.0. The van der Waals surface area contributed by atoms with E-state index in [0.29, 0.717) is 18.0 Å². The molecule has 3 aliphatic heterocycles. The molecule has 3 aliphatic rings. The lowest BCUT2D eigenvalue weighted by Crippen LogP contribution is -2.45. The Hall–Kier alpha value is -4.63. The number of benzene rings is 2. The van der Waals surface area contributed by atoms with Crippen LogP contribution in [0.15, 0.2) is 78.2 Å². The van der Waals surface area contributed by atoms with Crippen molar-refractivity contribution >= 4 is 40.0 Å². The van der Waals surface area contributed by atoms with Crippen LogP contribution in [0.25, 0.3) is 33.3 Å². The number of carbonyl (C=O) groups is 1. The minimum absolute atomic E-state index is 0.000222. The molecule has 2 aromatic carbocycles. The zero-order chi connectivity index (χ0) is 28.7. The van der Waals surface area contributed by atoms with E-state index in [2.05, 4.69) is 55.2 Å². The average molecular weight is 562 g/mol. The number of pyridine rings is 1. The second-order valence-corrected chi connectivity index (χ2v) is 11.6. The Bertz CT molecular complexity index is 1750. The van der Waals surface area contributed by atoms with Crippen LogP contribution < -0.4 is 16.0 Å². The average Bonchev–Trinajstić information content (AvgIpc) is 3.58. The molecule has 0 radical (unpaired) electrons. The molecule has 2 unspecified atom stereocenters. The number of aromatic amines is 1. The van der Waals surface area contributed by atoms with E-state index in [4.69, 9.17) is 0 Å². The number of hydrogen-bond donors (Lipinski definition) is 4. The minimum Gasteiger partial charge on any atom is -0.372 e. The second kappa shape index (κ2) is 10.6. The lowest BCUT2D eigenvalue weighted by atomic mass is 9.79. The molecule has 4 N–H and O–H groups in total. The molecule has 4 aromatic rings. The van der Waals surface area contributed by atoms with Gasteiger partial charge in [0.05, 0.1) is 28.6 Å². The van der Waals surface area contributed by atoms with Gasteiger partial charge in [-0.05, 0) is 91.9 Å². The van der Waals surface area contributed by atoms with Crippen LogP contribution in [0.5, 0.6) is 0 Å². The lowest BCUT2D eigenvalue weighted by molar-refractivity contribution is -0.117. The maximum Gasteiger partial charge on any atom is 0.224 e. The van der Waals surface area contributed by atoms with Crippen LogP contribution in [-0.2, 0) is 4.79 Å². The third-order valence-corrected chi connectivity index (χ3v) is 8.56. The quantitative estimate of drug-likeness (QED) is 0.247. The fourth-order valence-electron chi connectivity index (χ4n) is 6.29. The fraction of sp³-hybridized carbons (Fsp3) is 0.273. The summed E-state index contributed by atoms with van der Waals surface area (Å²) in [5.41, 5.74) is 6.73. The molecule has 2 atom stereocenters. The number of fused-ring (bicyclic) bond motifs is 2. The monoisotopic (exact) mass is 561 g/mol. The van der Waals surface area contributed by atoms with Gasteiger partial charge in [-0.1, -0.05) is 18.2 Å². The first-order valence-electron chi connectivity index (χ1n) is 14.4. The highest BCUT2D eigenvalue weighted by Crippen LogP contribution is 2.42. The Morgan fingerprint density at radius 1 is 1.05 bits per heavy atom. The largest absolute Gasteiger partial charge is 0.372 e. The van der Waals surface area contributed by atoms with E-state index < -0.39 is 5.54 Å². The molecule has 0 aliphatic carbocycles. The van der Waals surface area contributed by atoms with Crippen LogP contribution in [0.2, 0.25) is 0 Å². The molecule has 0 spiro atoms. The highest BCUT2D eigenvalue weighted by molar-refractivity contribution is 5.97. The summed E-state index contributed by atoms with van der Waals surface area (Å²) >= 11 is 0. The number of hydrogen-bond acceptors (Lipinski definition) is 6. The predicted molar refractivity (Wildman–Crippen MR) is 164 cm³/mol. The highest BCUT2D eigenvalue weighted by atomic mass is 19.1. The van der Waals surface area contributed by atoms with Crippen molar-refractivity contribution in [3.05, 3.63) is 90.3 Å². The van der Waals surface area contributed by atoms with E-state index in [1.165, 1.54) is 12.1 Å². The first-order chi connectivity index (χ1) is 20.4. The van der Waals surface area contributed by atoms with Crippen LogP contribution in [0, 0.1) is 17.7 Å². The van der Waals surface area contributed by atoms with E-state index >= 15 is 0 Å². The van der Waals surface area contributed by atoms with Gasteiger partial charge in [0, 0.05) is 41.9 Å². The topological polar surface area (TPSA) is 107 Å². The third kappa shape index (κ3) is 5.00. The number of halogens is 1. The van der Waals surface area contributed by atoms with Crippen molar-refractivity contribution in [3.8, 4) is 11.1 Å². The number of nitrogens with zero attached hydrogens (tertiary/aromatic N) is 3. The second-order valence-electron chi connectivity index (χ2n) is 11.6. The predicted octanol–water partition coefficient (Wildman–Crippen LogP) is 5.54. The maximum absolute atomic E-state index is 13.6. The van der Waals surface area contributed by atoms with Gasteiger partial charge in [-0.25, -0.2) is 4.39 Å². The van der Waals surface area contributed by atoms with Gasteiger partial charge in [0.2, 0.25) is 5.91 Å². The van der Waals surface area contributed by atoms with Gasteiger partial charge in [-0.15, -0.1) is 0 Å². The number of amides is 1. The summed E-state index contributed by atoms with van der Waals surface area (Å²) in [5.74, 6) is 0.184. The minimum atomic E-state index is -0.443. The number of H-pyrrole nitrogens is 1. The highest BCUT2D eigenvalue weighted by Gasteiger charge is 2.42. The van der Waals surface area contributed by atoms with Gasteiger partial charge in [-0.2, -0.15) is 5.10 Å². The SMILES string of the molecule is CC12C=NC=C(c3ccc(F)cc3)C1C=C(c1n[nH]c3ccc(-c4cncc(NC(=O)CC5CCNCC5)c4)cc13)N2. The van der Waals surface area contributed by atoms with Crippen LogP contribution >= 0.6 is 0 Å². The number of aliphatic imine (C=N–C) groups is 1. The van der Waals surface area contributed by atoms with E-state index in [-0.39, 0.29) is 17.6 Å². The van der Waals surface area contributed by atoms with Gasteiger partial charge < -0.3 is 16.0 Å². The number of nitrogens with one attached hydrogen (secondary N) is 4. The van der Waals surface area contributed by atoms with Gasteiger partial charge >= 0.3 is 0 Å². The molecule has 1 saturated heterocycles. The van der Waals surface area contributed by atoms with E-state index in [1.54, 1.807) is 18.3 Å². The standard InChI is InChI=1S/C33H32FN7O/c1-33-19-37-18-27(21-2-5-24(34)6-3-21)28(33)15-30(39-33)32-26-14-22(4-7-29(26)40-41-32)23-13-25(17-36-16-23)38-31(42)12-20-8-10-35-11-9-20/h2-7,13-20,28,35,39H,8-12H2,1H3,(H,38,42)(H,40,41). The fourth-order valence-corrected chi connectivity index (χ4v) is 6.29. The Balaban J connectivity index is 1.16. The molecule has 9 heteroatoms. The third-order valence-electron chi connectivity index (χ3n) is 8.56. The molecule has 0 bridgehead atoms. The Kier molecular flexibility index (Phi) is 6.66. The summed E-state index contributed by atoms with van der Waals surface area (Å²) in [7, 11) is 0. The van der Waals surface area contributed by atoms with Gasteiger partial charge in [0.1, 0.15) is 11.5 Å².